The third-order valence-electron chi connectivity index (χ3n) is 6.04. The summed E-state index contributed by atoms with van der Waals surface area (Å²) in [5.41, 5.74) is -0.452. The summed E-state index contributed by atoms with van der Waals surface area (Å²) in [5.74, 6) is 0.830. The van der Waals surface area contributed by atoms with Gasteiger partial charge < -0.3 is 29.7 Å². The molecule has 2 bridgehead atoms. The van der Waals surface area contributed by atoms with Gasteiger partial charge in [-0.2, -0.15) is 0 Å². The summed E-state index contributed by atoms with van der Waals surface area (Å²) >= 11 is 0. The molecule has 8 heteroatoms. The van der Waals surface area contributed by atoms with Gasteiger partial charge in [0.05, 0.1) is 6.10 Å². The number of hydrogen-bond acceptors (Lipinski definition) is 5. The van der Waals surface area contributed by atoms with Gasteiger partial charge >= 0.3 is 6.09 Å². The van der Waals surface area contributed by atoms with E-state index in [0.717, 1.165) is 77.3 Å². The highest BCUT2D eigenvalue weighted by atomic mass is 16.6. The van der Waals surface area contributed by atoms with Gasteiger partial charge in [-0.3, -0.25) is 4.99 Å². The summed E-state index contributed by atoms with van der Waals surface area (Å²) in [6.07, 6.45) is 7.10. The minimum Gasteiger partial charge on any atom is -0.444 e. The number of nitrogens with zero attached hydrogens (tertiary/aromatic N) is 2. The lowest BCUT2D eigenvalue weighted by atomic mass is 9.98. The number of amides is 1. The number of aliphatic imine (C=N–C) groups is 1. The molecule has 3 fully saturated rings. The topological polar surface area (TPSA) is 84.4 Å². The zero-order valence-corrected chi connectivity index (χ0v) is 19.1. The van der Waals surface area contributed by atoms with Crippen LogP contribution in [-0.2, 0) is 14.2 Å². The minimum absolute atomic E-state index is 0.166. The van der Waals surface area contributed by atoms with Crippen LogP contribution in [0.5, 0.6) is 0 Å². The predicted octanol–water partition coefficient (Wildman–Crippen LogP) is 2.67. The van der Waals surface area contributed by atoms with Gasteiger partial charge in [-0.15, -0.1) is 0 Å². The van der Waals surface area contributed by atoms with Crippen LogP contribution in [0.4, 0.5) is 4.79 Å². The smallest absolute Gasteiger partial charge is 0.410 e. The molecule has 0 saturated carbocycles. The lowest BCUT2D eigenvalue weighted by molar-refractivity contribution is -0.0320. The molecule has 0 aromatic rings. The highest BCUT2D eigenvalue weighted by Gasteiger charge is 2.45. The second-order valence-corrected chi connectivity index (χ2v) is 9.62. The summed E-state index contributed by atoms with van der Waals surface area (Å²) < 4.78 is 16.9. The third kappa shape index (κ3) is 6.74. The lowest BCUT2D eigenvalue weighted by Gasteiger charge is -2.40. The van der Waals surface area contributed by atoms with E-state index in [1.807, 2.05) is 25.7 Å². The van der Waals surface area contributed by atoms with Crippen molar-refractivity contribution in [2.24, 2.45) is 4.99 Å². The molecule has 172 valence electrons. The highest BCUT2D eigenvalue weighted by Crippen LogP contribution is 2.36. The maximum Gasteiger partial charge on any atom is 0.410 e. The quantitative estimate of drug-likeness (QED) is 0.387. The van der Waals surface area contributed by atoms with Crippen LogP contribution in [0, 0.1) is 0 Å². The summed E-state index contributed by atoms with van der Waals surface area (Å²) in [4.78, 5) is 19.0. The van der Waals surface area contributed by atoms with Gasteiger partial charge in [0.25, 0.3) is 0 Å². The Bertz CT molecular complexity index is 572. The molecular weight excluding hydrogens is 384 g/mol. The van der Waals surface area contributed by atoms with Gasteiger partial charge in [-0.1, -0.05) is 0 Å². The van der Waals surface area contributed by atoms with Gasteiger partial charge in [0.1, 0.15) is 5.60 Å². The summed E-state index contributed by atoms with van der Waals surface area (Å²) in [6, 6.07) is 0.829. The van der Waals surface area contributed by atoms with E-state index >= 15 is 0 Å². The first-order chi connectivity index (χ1) is 14.4. The largest absolute Gasteiger partial charge is 0.444 e. The summed E-state index contributed by atoms with van der Waals surface area (Å²) in [6.45, 7) is 8.98. The SMILES string of the molecule is CN=C(NCCCOC1CCOCC1)NC1CC2CCC(C1)N2C(=O)OC(C)(C)C. The first-order valence-corrected chi connectivity index (χ1v) is 11.5. The van der Waals surface area contributed by atoms with Gasteiger partial charge in [-0.25, -0.2) is 4.79 Å². The maximum atomic E-state index is 12.6. The minimum atomic E-state index is -0.452. The molecule has 2 atom stereocenters. The molecule has 2 unspecified atom stereocenters. The first-order valence-electron chi connectivity index (χ1n) is 11.5. The number of nitrogens with one attached hydrogen (secondary N) is 2. The molecule has 30 heavy (non-hydrogen) atoms. The Kier molecular flexibility index (Phi) is 8.22. The molecule has 0 aromatic heterocycles. The Morgan fingerprint density at radius 2 is 1.80 bits per heavy atom. The molecule has 2 N–H and O–H groups in total. The molecule has 3 heterocycles. The second kappa shape index (κ2) is 10.7. The fourth-order valence-corrected chi connectivity index (χ4v) is 4.67. The number of hydrogen-bond donors (Lipinski definition) is 2. The van der Waals surface area contributed by atoms with E-state index in [1.165, 1.54) is 0 Å². The van der Waals surface area contributed by atoms with Crippen molar-refractivity contribution in [2.45, 2.75) is 95.5 Å². The van der Waals surface area contributed by atoms with Crippen LogP contribution in [0.1, 0.15) is 65.7 Å². The molecular formula is C22H40N4O4. The summed E-state index contributed by atoms with van der Waals surface area (Å²) in [7, 11) is 1.80. The van der Waals surface area contributed by atoms with Gasteiger partial charge in [0.15, 0.2) is 5.96 Å². The van der Waals surface area contributed by atoms with E-state index in [1.54, 1.807) is 7.05 Å². The summed E-state index contributed by atoms with van der Waals surface area (Å²) in [5, 5.41) is 6.96. The number of carbonyl (C=O) groups is 1. The number of guanidine groups is 1. The van der Waals surface area contributed by atoms with Gasteiger partial charge in [-0.05, 0) is 65.7 Å². The van der Waals surface area contributed by atoms with Crippen LogP contribution in [0.3, 0.4) is 0 Å². The molecule has 3 saturated heterocycles. The van der Waals surface area contributed by atoms with Crippen LogP contribution in [0.25, 0.3) is 0 Å². The van der Waals surface area contributed by atoms with Crippen molar-refractivity contribution in [3.63, 3.8) is 0 Å². The Hall–Kier alpha value is -1.54. The fourth-order valence-electron chi connectivity index (χ4n) is 4.67. The first kappa shape index (κ1) is 23.1. The Balaban J connectivity index is 1.37. The molecule has 0 aliphatic carbocycles. The molecule has 1 amide bonds. The van der Waals surface area contributed by atoms with Gasteiger partial charge in [0, 0.05) is 51.5 Å². The number of piperidine rings is 1. The van der Waals surface area contributed by atoms with Crippen LogP contribution in [-0.4, -0.2) is 80.2 Å². The third-order valence-corrected chi connectivity index (χ3v) is 6.04. The second-order valence-electron chi connectivity index (χ2n) is 9.62. The normalized spacial score (nSPS) is 27.8. The molecule has 3 aliphatic heterocycles. The molecule has 8 nitrogen and oxygen atoms in total. The van der Waals surface area contributed by atoms with Gasteiger partial charge in [0.2, 0.25) is 0 Å². The van der Waals surface area contributed by atoms with E-state index < -0.39 is 5.60 Å². The maximum absolute atomic E-state index is 12.6. The van der Waals surface area contributed by atoms with Crippen molar-refractivity contribution in [2.75, 3.05) is 33.4 Å². The van der Waals surface area contributed by atoms with E-state index in [2.05, 4.69) is 15.6 Å². The van der Waals surface area contributed by atoms with Crippen molar-refractivity contribution in [1.29, 1.82) is 0 Å². The van der Waals surface area contributed by atoms with E-state index in [-0.39, 0.29) is 18.2 Å². The van der Waals surface area contributed by atoms with Crippen molar-refractivity contribution in [3.05, 3.63) is 0 Å². The number of carbonyl (C=O) groups excluding carboxylic acids is 1. The standard InChI is InChI=1S/C22H40N4O4/c1-22(2,3)30-21(27)26-17-6-7-18(26)15-16(14-17)25-20(23-4)24-10-5-11-29-19-8-12-28-13-9-19/h16-19H,5-15H2,1-4H3,(H2,23,24,25). The average Bonchev–Trinajstić information content (AvgIpc) is 2.97. The molecule has 0 aromatic carbocycles. The lowest BCUT2D eigenvalue weighted by Crippen LogP contribution is -2.55. The molecule has 3 aliphatic rings. The van der Waals surface area contributed by atoms with Crippen LogP contribution < -0.4 is 10.6 Å². The van der Waals surface area contributed by atoms with Crippen molar-refractivity contribution in [3.8, 4) is 0 Å². The zero-order valence-electron chi connectivity index (χ0n) is 19.1. The fraction of sp³-hybridized carbons (Fsp3) is 0.909. The number of fused-ring (bicyclic) bond motifs is 2. The Morgan fingerprint density at radius 1 is 1.13 bits per heavy atom. The van der Waals surface area contributed by atoms with Crippen LogP contribution in [0.15, 0.2) is 4.99 Å². The number of ether oxygens (including phenoxy) is 3. The van der Waals surface area contributed by atoms with Crippen molar-refractivity contribution < 1.29 is 19.0 Å². The predicted molar refractivity (Wildman–Crippen MR) is 117 cm³/mol. The van der Waals surface area contributed by atoms with Crippen molar-refractivity contribution >= 4 is 12.1 Å². The molecule has 3 rings (SSSR count). The van der Waals surface area contributed by atoms with Crippen LogP contribution in [0.2, 0.25) is 0 Å². The van der Waals surface area contributed by atoms with E-state index in [4.69, 9.17) is 14.2 Å². The van der Waals surface area contributed by atoms with E-state index in [9.17, 15) is 4.79 Å². The monoisotopic (exact) mass is 424 g/mol. The Morgan fingerprint density at radius 3 is 2.40 bits per heavy atom. The molecule has 0 spiro atoms. The van der Waals surface area contributed by atoms with E-state index in [0.29, 0.717) is 12.1 Å². The zero-order chi connectivity index (χ0) is 21.6. The number of rotatable bonds is 6. The van der Waals surface area contributed by atoms with Crippen LogP contribution >= 0.6 is 0 Å². The van der Waals surface area contributed by atoms with Crippen molar-refractivity contribution in [1.82, 2.24) is 15.5 Å². The molecule has 0 radical (unpaired) electrons. The highest BCUT2D eigenvalue weighted by molar-refractivity contribution is 5.80. The average molecular weight is 425 g/mol. The Labute approximate surface area is 181 Å².